The highest BCUT2D eigenvalue weighted by molar-refractivity contribution is 5.86. The molecule has 10 heteroatoms. The maximum Gasteiger partial charge on any atom is 0.410 e. The van der Waals surface area contributed by atoms with E-state index in [9.17, 15) is 19.1 Å². The Balaban J connectivity index is 1.61. The predicted octanol–water partition coefficient (Wildman–Crippen LogP) is 3.17. The Labute approximate surface area is 200 Å². The van der Waals surface area contributed by atoms with Crippen molar-refractivity contribution >= 4 is 12.0 Å². The molecule has 1 aliphatic heterocycles. The number of nitrogens with one attached hydrogen (secondary N) is 1. The SMILES string of the molecule is COc1nc(OC2CCC(CO)CC2)c(F)cc1CNC(=O)[C@@H]1CCCN1C(=O)OC(C)(C)C. The summed E-state index contributed by atoms with van der Waals surface area (Å²) < 4.78 is 31.2. The maximum absolute atomic E-state index is 14.7. The molecule has 0 spiro atoms. The first kappa shape index (κ1) is 26.0. The Morgan fingerprint density at radius 1 is 1.21 bits per heavy atom. The van der Waals surface area contributed by atoms with Crippen molar-refractivity contribution in [2.45, 2.75) is 83.6 Å². The van der Waals surface area contributed by atoms with Crippen molar-refractivity contribution in [2.24, 2.45) is 5.92 Å². The van der Waals surface area contributed by atoms with Gasteiger partial charge in [0.15, 0.2) is 5.82 Å². The van der Waals surface area contributed by atoms with Gasteiger partial charge in [-0.1, -0.05) is 0 Å². The lowest BCUT2D eigenvalue weighted by Gasteiger charge is -2.28. The van der Waals surface area contributed by atoms with Crippen molar-refractivity contribution in [3.05, 3.63) is 17.4 Å². The highest BCUT2D eigenvalue weighted by atomic mass is 19.1. The van der Waals surface area contributed by atoms with E-state index in [0.29, 0.717) is 24.9 Å². The van der Waals surface area contributed by atoms with Crippen molar-refractivity contribution < 1.29 is 33.3 Å². The van der Waals surface area contributed by atoms with Gasteiger partial charge in [-0.05, 0) is 71.3 Å². The van der Waals surface area contributed by atoms with Crippen LogP contribution in [-0.4, -0.2) is 65.0 Å². The third kappa shape index (κ3) is 6.71. The number of rotatable bonds is 7. The first-order valence-corrected chi connectivity index (χ1v) is 11.9. The molecule has 2 heterocycles. The van der Waals surface area contributed by atoms with Crippen LogP contribution in [0.4, 0.5) is 9.18 Å². The Bertz CT molecular complexity index is 867. The Hall–Kier alpha value is -2.62. The molecular formula is C24H36FN3O6. The molecule has 0 aromatic carbocycles. The third-order valence-electron chi connectivity index (χ3n) is 6.14. The van der Waals surface area contributed by atoms with Gasteiger partial charge in [0.2, 0.25) is 11.8 Å². The van der Waals surface area contributed by atoms with E-state index in [1.54, 1.807) is 20.8 Å². The average Bonchev–Trinajstić information content (AvgIpc) is 3.28. The fourth-order valence-electron chi connectivity index (χ4n) is 4.35. The zero-order valence-electron chi connectivity index (χ0n) is 20.4. The van der Waals surface area contributed by atoms with E-state index < -0.39 is 23.6 Å². The fourth-order valence-corrected chi connectivity index (χ4v) is 4.35. The normalized spacial score (nSPS) is 22.9. The molecule has 1 aromatic rings. The van der Waals surface area contributed by atoms with Gasteiger partial charge in [0, 0.05) is 25.3 Å². The summed E-state index contributed by atoms with van der Waals surface area (Å²) in [6.45, 7) is 5.92. The largest absolute Gasteiger partial charge is 0.481 e. The summed E-state index contributed by atoms with van der Waals surface area (Å²) in [5.41, 5.74) is -0.286. The molecule has 190 valence electrons. The minimum Gasteiger partial charge on any atom is -0.481 e. The quantitative estimate of drug-likeness (QED) is 0.615. The number of methoxy groups -OCH3 is 1. The van der Waals surface area contributed by atoms with Crippen LogP contribution in [0.2, 0.25) is 0 Å². The number of aliphatic hydroxyl groups is 1. The molecule has 2 N–H and O–H groups in total. The molecule has 34 heavy (non-hydrogen) atoms. The van der Waals surface area contributed by atoms with Crippen molar-refractivity contribution in [3.63, 3.8) is 0 Å². The molecule has 2 amide bonds. The van der Waals surface area contributed by atoms with Gasteiger partial charge in [0.05, 0.1) is 7.11 Å². The molecule has 9 nitrogen and oxygen atoms in total. The van der Waals surface area contributed by atoms with Crippen LogP contribution in [0.25, 0.3) is 0 Å². The van der Waals surface area contributed by atoms with Crippen molar-refractivity contribution in [1.29, 1.82) is 0 Å². The van der Waals surface area contributed by atoms with Gasteiger partial charge < -0.3 is 24.6 Å². The van der Waals surface area contributed by atoms with Crippen molar-refractivity contribution in [3.8, 4) is 11.8 Å². The number of hydrogen-bond donors (Lipinski definition) is 2. The summed E-state index contributed by atoms with van der Waals surface area (Å²) in [5, 5.41) is 12.0. The molecular weight excluding hydrogens is 445 g/mol. The lowest BCUT2D eigenvalue weighted by molar-refractivity contribution is -0.125. The van der Waals surface area contributed by atoms with Crippen LogP contribution in [0, 0.1) is 11.7 Å². The average molecular weight is 482 g/mol. The molecule has 2 aliphatic rings. The highest BCUT2D eigenvalue weighted by Crippen LogP contribution is 2.30. The second kappa shape index (κ2) is 11.2. The predicted molar refractivity (Wildman–Crippen MR) is 122 cm³/mol. The first-order chi connectivity index (χ1) is 16.1. The van der Waals surface area contributed by atoms with Crippen molar-refractivity contribution in [2.75, 3.05) is 20.3 Å². The van der Waals surface area contributed by atoms with Crippen LogP contribution >= 0.6 is 0 Å². The monoisotopic (exact) mass is 481 g/mol. The van der Waals surface area contributed by atoms with Gasteiger partial charge >= 0.3 is 6.09 Å². The molecule has 3 rings (SSSR count). The third-order valence-corrected chi connectivity index (χ3v) is 6.14. The number of halogens is 1. The van der Waals surface area contributed by atoms with Crippen LogP contribution in [0.5, 0.6) is 11.8 Å². The standard InChI is InChI=1S/C24H36FN3O6/c1-24(2,3)34-23(31)28-11-5-6-19(28)20(30)26-13-16-12-18(25)22(27-21(16)32-4)33-17-9-7-15(14-29)8-10-17/h12,15,17,19,29H,5-11,13-14H2,1-4H3,(H,26,30)/t15?,17?,19-/m0/s1. The van der Waals surface area contributed by atoms with Gasteiger partial charge in [0.1, 0.15) is 17.7 Å². The molecule has 1 atom stereocenters. The second-order valence-electron chi connectivity index (χ2n) is 9.94. The lowest BCUT2D eigenvalue weighted by Crippen LogP contribution is -2.47. The minimum absolute atomic E-state index is 0.00747. The van der Waals surface area contributed by atoms with Crippen LogP contribution < -0.4 is 14.8 Å². The summed E-state index contributed by atoms with van der Waals surface area (Å²) in [6, 6.07) is 0.608. The molecule has 1 saturated heterocycles. The number of likely N-dealkylation sites (tertiary alicyclic amines) is 1. The summed E-state index contributed by atoms with van der Waals surface area (Å²) in [5.74, 6) is -0.677. The smallest absolute Gasteiger partial charge is 0.410 e. The number of amides is 2. The Kier molecular flexibility index (Phi) is 8.57. The van der Waals surface area contributed by atoms with E-state index in [4.69, 9.17) is 14.2 Å². The number of hydrogen-bond acceptors (Lipinski definition) is 7. The van der Waals surface area contributed by atoms with E-state index in [1.807, 2.05) is 0 Å². The number of ether oxygens (including phenoxy) is 3. The summed E-state index contributed by atoms with van der Waals surface area (Å²) in [4.78, 5) is 30.9. The fraction of sp³-hybridized carbons (Fsp3) is 0.708. The highest BCUT2D eigenvalue weighted by Gasteiger charge is 2.36. The Morgan fingerprint density at radius 2 is 1.91 bits per heavy atom. The molecule has 1 aromatic heterocycles. The molecule has 2 fully saturated rings. The molecule has 1 saturated carbocycles. The number of nitrogens with zero attached hydrogens (tertiary/aromatic N) is 2. The summed E-state index contributed by atoms with van der Waals surface area (Å²) >= 11 is 0. The summed E-state index contributed by atoms with van der Waals surface area (Å²) in [6.07, 6.45) is 3.63. The number of pyridine rings is 1. The molecule has 0 bridgehead atoms. The number of carbonyl (C=O) groups excluding carboxylic acids is 2. The number of aromatic nitrogens is 1. The minimum atomic E-state index is -0.654. The van der Waals surface area contributed by atoms with Gasteiger partial charge in [-0.15, -0.1) is 0 Å². The second-order valence-corrected chi connectivity index (χ2v) is 9.94. The Morgan fingerprint density at radius 3 is 2.53 bits per heavy atom. The zero-order valence-corrected chi connectivity index (χ0v) is 20.4. The zero-order chi connectivity index (χ0) is 24.9. The lowest BCUT2D eigenvalue weighted by atomic mass is 9.88. The van der Waals surface area contributed by atoms with Gasteiger partial charge in [0.25, 0.3) is 5.88 Å². The molecule has 1 aliphatic carbocycles. The van der Waals surface area contributed by atoms with Crippen LogP contribution in [0.3, 0.4) is 0 Å². The van der Waals surface area contributed by atoms with Gasteiger partial charge in [-0.25, -0.2) is 9.18 Å². The van der Waals surface area contributed by atoms with Gasteiger partial charge in [-0.3, -0.25) is 9.69 Å². The van der Waals surface area contributed by atoms with E-state index in [2.05, 4.69) is 10.3 Å². The van der Waals surface area contributed by atoms with Crippen molar-refractivity contribution in [1.82, 2.24) is 15.2 Å². The van der Waals surface area contributed by atoms with Crippen LogP contribution in [0.15, 0.2) is 6.07 Å². The molecule has 0 radical (unpaired) electrons. The van der Waals surface area contributed by atoms with E-state index >= 15 is 0 Å². The van der Waals surface area contributed by atoms with Gasteiger partial charge in [-0.2, -0.15) is 4.98 Å². The van der Waals surface area contributed by atoms with E-state index in [-0.39, 0.29) is 42.8 Å². The number of aliphatic hydroxyl groups excluding tert-OH is 1. The summed E-state index contributed by atoms with van der Waals surface area (Å²) in [7, 11) is 1.42. The first-order valence-electron chi connectivity index (χ1n) is 11.9. The van der Waals surface area contributed by atoms with Crippen LogP contribution in [-0.2, 0) is 16.1 Å². The van der Waals surface area contributed by atoms with E-state index in [1.165, 1.54) is 18.1 Å². The van der Waals surface area contributed by atoms with Crippen LogP contribution in [0.1, 0.15) is 64.9 Å². The maximum atomic E-state index is 14.7. The topological polar surface area (TPSA) is 110 Å². The number of carbonyl (C=O) groups is 2. The van der Waals surface area contributed by atoms with E-state index in [0.717, 1.165) is 25.7 Å². The molecule has 0 unspecified atom stereocenters.